The van der Waals surface area contributed by atoms with E-state index in [1.807, 2.05) is 19.1 Å². The predicted octanol–water partition coefficient (Wildman–Crippen LogP) is 2.00. The Balaban J connectivity index is 2.72. The lowest BCUT2D eigenvalue weighted by atomic mass is 10.0. The number of benzene rings is 1. The molecule has 0 aliphatic heterocycles. The fraction of sp³-hybridized carbons (Fsp3) is 0.273. The number of hydrogen-bond donors (Lipinski definition) is 0. The summed E-state index contributed by atoms with van der Waals surface area (Å²) in [6, 6.07) is 5.86. The molecule has 1 aliphatic carbocycles. The van der Waals surface area contributed by atoms with Crippen molar-refractivity contribution in [3.8, 4) is 6.07 Å². The molecule has 1 aromatic rings. The smallest absolute Gasteiger partial charge is 0.163 e. The van der Waals surface area contributed by atoms with Gasteiger partial charge in [0.25, 0.3) is 0 Å². The normalized spacial score (nSPS) is 14.0. The zero-order valence-electron chi connectivity index (χ0n) is 7.42. The van der Waals surface area contributed by atoms with Crippen LogP contribution >= 0.6 is 0 Å². The van der Waals surface area contributed by atoms with E-state index in [9.17, 15) is 4.79 Å². The summed E-state index contributed by atoms with van der Waals surface area (Å²) in [5.41, 5.74) is 3.36. The van der Waals surface area contributed by atoms with E-state index < -0.39 is 0 Å². The van der Waals surface area contributed by atoms with Crippen LogP contribution in [0, 0.1) is 18.3 Å². The van der Waals surface area contributed by atoms with Gasteiger partial charge in [0, 0.05) is 12.0 Å². The van der Waals surface area contributed by atoms with E-state index in [1.54, 1.807) is 0 Å². The van der Waals surface area contributed by atoms with Gasteiger partial charge in [0.1, 0.15) is 0 Å². The van der Waals surface area contributed by atoms with Crippen molar-refractivity contribution in [2.75, 3.05) is 0 Å². The summed E-state index contributed by atoms with van der Waals surface area (Å²) in [4.78, 5) is 11.4. The Bertz CT molecular complexity index is 426. The van der Waals surface area contributed by atoms with Gasteiger partial charge in [-0.2, -0.15) is 5.26 Å². The molecule has 0 bridgehead atoms. The third-order valence-corrected chi connectivity index (χ3v) is 2.42. The number of carbonyl (C=O) groups excluding carboxylic acids is 1. The Morgan fingerprint density at radius 3 is 2.85 bits per heavy atom. The Kier molecular flexibility index (Phi) is 1.66. The van der Waals surface area contributed by atoms with Crippen LogP contribution in [0.2, 0.25) is 0 Å². The lowest BCUT2D eigenvalue weighted by Gasteiger charge is -2.01. The molecule has 0 N–H and O–H groups in total. The average molecular weight is 171 g/mol. The van der Waals surface area contributed by atoms with Crippen LogP contribution < -0.4 is 0 Å². The molecule has 64 valence electrons. The van der Waals surface area contributed by atoms with Crippen molar-refractivity contribution in [2.45, 2.75) is 19.8 Å². The van der Waals surface area contributed by atoms with Gasteiger partial charge >= 0.3 is 0 Å². The summed E-state index contributed by atoms with van der Waals surface area (Å²) in [7, 11) is 0. The first-order chi connectivity index (χ1) is 6.22. The molecule has 0 aromatic heterocycles. The van der Waals surface area contributed by atoms with Crippen LogP contribution in [0.25, 0.3) is 0 Å². The number of fused-ring (bicyclic) bond motifs is 1. The SMILES string of the molecule is Cc1cc(C#N)c2c(c1)C(=O)CC2. The maximum Gasteiger partial charge on any atom is 0.163 e. The second kappa shape index (κ2) is 2.70. The number of rotatable bonds is 0. The van der Waals surface area contributed by atoms with Gasteiger partial charge in [-0.15, -0.1) is 0 Å². The van der Waals surface area contributed by atoms with Crippen molar-refractivity contribution in [3.05, 3.63) is 34.4 Å². The monoisotopic (exact) mass is 171 g/mol. The molecule has 0 atom stereocenters. The number of Topliss-reactive ketones (excluding diaryl/α,β-unsaturated/α-hetero) is 1. The Hall–Kier alpha value is -1.62. The van der Waals surface area contributed by atoms with Crippen LogP contribution in [0.3, 0.4) is 0 Å². The average Bonchev–Trinajstić information content (AvgIpc) is 2.47. The first-order valence-electron chi connectivity index (χ1n) is 4.29. The second-order valence-corrected chi connectivity index (χ2v) is 3.37. The molecule has 0 spiro atoms. The Morgan fingerprint density at radius 2 is 2.15 bits per heavy atom. The standard InChI is InChI=1S/C11H9NO/c1-7-4-8(6-12)9-2-3-11(13)10(9)5-7/h4-5H,2-3H2,1H3. The molecular formula is C11H9NO. The molecule has 0 saturated heterocycles. The number of ketones is 1. The minimum Gasteiger partial charge on any atom is -0.294 e. The number of nitrogens with zero attached hydrogens (tertiary/aromatic N) is 1. The van der Waals surface area contributed by atoms with Gasteiger partial charge in [0.05, 0.1) is 11.6 Å². The van der Waals surface area contributed by atoms with E-state index >= 15 is 0 Å². The molecule has 2 heteroatoms. The highest BCUT2D eigenvalue weighted by Crippen LogP contribution is 2.26. The Labute approximate surface area is 76.8 Å². The van der Waals surface area contributed by atoms with Crippen LogP contribution in [-0.2, 0) is 6.42 Å². The van der Waals surface area contributed by atoms with Crippen molar-refractivity contribution in [1.82, 2.24) is 0 Å². The summed E-state index contributed by atoms with van der Waals surface area (Å²) in [5, 5.41) is 8.85. The molecular weight excluding hydrogens is 162 g/mol. The van der Waals surface area contributed by atoms with Crippen molar-refractivity contribution in [3.63, 3.8) is 0 Å². The first kappa shape index (κ1) is 8.00. The molecule has 1 aromatic carbocycles. The molecule has 2 rings (SSSR count). The van der Waals surface area contributed by atoms with Crippen molar-refractivity contribution >= 4 is 5.78 Å². The molecule has 0 radical (unpaired) electrons. The van der Waals surface area contributed by atoms with Crippen LogP contribution in [0.5, 0.6) is 0 Å². The summed E-state index contributed by atoms with van der Waals surface area (Å²) >= 11 is 0. The molecule has 0 fully saturated rings. The van der Waals surface area contributed by atoms with Crippen LogP contribution in [-0.4, -0.2) is 5.78 Å². The fourth-order valence-corrected chi connectivity index (χ4v) is 1.81. The lowest BCUT2D eigenvalue weighted by molar-refractivity contribution is 0.0994. The van der Waals surface area contributed by atoms with Gasteiger partial charge in [0.15, 0.2) is 5.78 Å². The molecule has 1 aliphatic rings. The molecule has 2 nitrogen and oxygen atoms in total. The maximum atomic E-state index is 11.4. The van der Waals surface area contributed by atoms with E-state index in [0.717, 1.165) is 23.1 Å². The van der Waals surface area contributed by atoms with E-state index in [-0.39, 0.29) is 5.78 Å². The zero-order chi connectivity index (χ0) is 9.42. The number of nitriles is 1. The minimum atomic E-state index is 0.176. The molecule has 0 unspecified atom stereocenters. The third kappa shape index (κ3) is 1.13. The van der Waals surface area contributed by atoms with Crippen molar-refractivity contribution < 1.29 is 4.79 Å². The van der Waals surface area contributed by atoms with Crippen molar-refractivity contribution in [2.24, 2.45) is 0 Å². The number of hydrogen-bond acceptors (Lipinski definition) is 2. The molecule has 0 saturated carbocycles. The quantitative estimate of drug-likeness (QED) is 0.599. The summed E-state index contributed by atoms with van der Waals surface area (Å²) in [6.45, 7) is 1.91. The fourth-order valence-electron chi connectivity index (χ4n) is 1.81. The Morgan fingerprint density at radius 1 is 1.38 bits per heavy atom. The van der Waals surface area contributed by atoms with Gasteiger partial charge in [-0.3, -0.25) is 4.79 Å². The molecule has 13 heavy (non-hydrogen) atoms. The number of aryl methyl sites for hydroxylation is 1. The van der Waals surface area contributed by atoms with E-state index in [0.29, 0.717) is 12.0 Å². The van der Waals surface area contributed by atoms with Crippen LogP contribution in [0.1, 0.15) is 33.5 Å². The third-order valence-electron chi connectivity index (χ3n) is 2.42. The number of carbonyl (C=O) groups is 1. The van der Waals surface area contributed by atoms with E-state index in [1.165, 1.54) is 0 Å². The van der Waals surface area contributed by atoms with Gasteiger partial charge in [-0.1, -0.05) is 0 Å². The second-order valence-electron chi connectivity index (χ2n) is 3.37. The van der Waals surface area contributed by atoms with E-state index in [4.69, 9.17) is 5.26 Å². The molecule has 0 amide bonds. The minimum absolute atomic E-state index is 0.176. The largest absolute Gasteiger partial charge is 0.294 e. The topological polar surface area (TPSA) is 40.9 Å². The van der Waals surface area contributed by atoms with Gasteiger partial charge in [-0.25, -0.2) is 0 Å². The van der Waals surface area contributed by atoms with E-state index in [2.05, 4.69) is 6.07 Å². The van der Waals surface area contributed by atoms with Gasteiger partial charge in [0.2, 0.25) is 0 Å². The van der Waals surface area contributed by atoms with Gasteiger partial charge < -0.3 is 0 Å². The summed E-state index contributed by atoms with van der Waals surface area (Å²) < 4.78 is 0. The molecule has 0 heterocycles. The zero-order valence-corrected chi connectivity index (χ0v) is 7.42. The van der Waals surface area contributed by atoms with Crippen LogP contribution in [0.4, 0.5) is 0 Å². The summed E-state index contributed by atoms with van der Waals surface area (Å²) in [5.74, 6) is 0.176. The summed E-state index contributed by atoms with van der Waals surface area (Å²) in [6.07, 6.45) is 1.30. The predicted molar refractivity (Wildman–Crippen MR) is 48.5 cm³/mol. The van der Waals surface area contributed by atoms with Crippen LogP contribution in [0.15, 0.2) is 12.1 Å². The highest BCUT2D eigenvalue weighted by molar-refractivity contribution is 6.01. The highest BCUT2D eigenvalue weighted by atomic mass is 16.1. The lowest BCUT2D eigenvalue weighted by Crippen LogP contribution is -1.94. The maximum absolute atomic E-state index is 11.4. The van der Waals surface area contributed by atoms with Crippen molar-refractivity contribution in [1.29, 1.82) is 5.26 Å². The highest BCUT2D eigenvalue weighted by Gasteiger charge is 2.22. The first-order valence-corrected chi connectivity index (χ1v) is 4.29. The van der Waals surface area contributed by atoms with Gasteiger partial charge in [-0.05, 0) is 36.6 Å².